The van der Waals surface area contributed by atoms with E-state index >= 15 is 0 Å². The lowest BCUT2D eigenvalue weighted by molar-refractivity contribution is -0.128. The molecule has 33 heavy (non-hydrogen) atoms. The average Bonchev–Trinajstić information content (AvgIpc) is 2.77. The van der Waals surface area contributed by atoms with Crippen LogP contribution in [0, 0.1) is 5.41 Å². The van der Waals surface area contributed by atoms with Crippen molar-refractivity contribution < 1.29 is 24.2 Å². The summed E-state index contributed by atoms with van der Waals surface area (Å²) >= 11 is 0. The minimum Gasteiger partial charge on any atom is -0.502 e. The number of Topliss-reactive ketones (excluding diaryl/α,β-unsaturated/α-hetero) is 1. The normalized spacial score (nSPS) is 22.6. The maximum atomic E-state index is 13.8. The lowest BCUT2D eigenvalue weighted by Gasteiger charge is -2.41. The van der Waals surface area contributed by atoms with Crippen LogP contribution in [0.1, 0.15) is 64.4 Å². The summed E-state index contributed by atoms with van der Waals surface area (Å²) in [6.45, 7) is 7.53. The predicted molar refractivity (Wildman–Crippen MR) is 125 cm³/mol. The Morgan fingerprint density at radius 3 is 2.27 bits per heavy atom. The molecule has 0 radical (unpaired) electrons. The fraction of sp³-hybridized carbons (Fsp3) is 0.538. The number of aromatic hydroxyl groups is 1. The number of benzene rings is 1. The molecule has 2 heterocycles. The van der Waals surface area contributed by atoms with Crippen LogP contribution in [0.3, 0.4) is 0 Å². The molecule has 2 N–H and O–H groups in total. The summed E-state index contributed by atoms with van der Waals surface area (Å²) < 4.78 is 10.8. The largest absolute Gasteiger partial charge is 0.502 e. The zero-order valence-corrected chi connectivity index (χ0v) is 20.2. The molecule has 178 valence electrons. The van der Waals surface area contributed by atoms with Crippen LogP contribution in [-0.4, -0.2) is 49.0 Å². The molecule has 1 aromatic rings. The molecule has 3 aliphatic rings. The number of carbonyl (C=O) groups is 2. The van der Waals surface area contributed by atoms with Gasteiger partial charge in [0.05, 0.1) is 14.2 Å². The second-order valence-electron chi connectivity index (χ2n) is 10.1. The van der Waals surface area contributed by atoms with Crippen molar-refractivity contribution in [3.8, 4) is 17.2 Å². The van der Waals surface area contributed by atoms with Crippen LogP contribution in [0.25, 0.3) is 0 Å². The van der Waals surface area contributed by atoms with Crippen molar-refractivity contribution in [2.24, 2.45) is 5.41 Å². The standard InChI is InChI=1S/C26H34N2O5/c1-15-21(25(31)28-9-7-6-8-10-28)22(16-11-19(32-4)24(30)20(12-16)33-5)23-17(27-15)13-26(2,3)14-18(23)29/h11-12,22,27,30H,6-10,13-14H2,1-5H3. The van der Waals surface area contributed by atoms with Crippen LogP contribution in [0.15, 0.2) is 34.7 Å². The number of dihydropyridines is 1. The van der Waals surface area contributed by atoms with E-state index in [9.17, 15) is 14.7 Å². The van der Waals surface area contributed by atoms with Gasteiger partial charge >= 0.3 is 0 Å². The monoisotopic (exact) mass is 454 g/mol. The van der Waals surface area contributed by atoms with E-state index in [0.29, 0.717) is 23.1 Å². The quantitative estimate of drug-likeness (QED) is 0.714. The maximum absolute atomic E-state index is 13.8. The number of amides is 1. The van der Waals surface area contributed by atoms with Gasteiger partial charge in [0, 0.05) is 48.0 Å². The van der Waals surface area contributed by atoms with Crippen molar-refractivity contribution in [2.75, 3.05) is 27.3 Å². The van der Waals surface area contributed by atoms with Gasteiger partial charge in [-0.05, 0) is 55.7 Å². The molecular formula is C26H34N2O5. The van der Waals surface area contributed by atoms with Gasteiger partial charge in [-0.1, -0.05) is 13.8 Å². The van der Waals surface area contributed by atoms with Crippen LogP contribution in [0.5, 0.6) is 17.2 Å². The van der Waals surface area contributed by atoms with Crippen LogP contribution >= 0.6 is 0 Å². The number of allylic oxidation sites excluding steroid dienone is 3. The van der Waals surface area contributed by atoms with E-state index < -0.39 is 5.92 Å². The summed E-state index contributed by atoms with van der Waals surface area (Å²) in [4.78, 5) is 29.2. The van der Waals surface area contributed by atoms with Gasteiger partial charge in [0.1, 0.15) is 0 Å². The number of rotatable bonds is 4. The molecule has 1 saturated heterocycles. The van der Waals surface area contributed by atoms with Crippen molar-refractivity contribution in [2.45, 2.75) is 58.8 Å². The molecule has 1 fully saturated rings. The van der Waals surface area contributed by atoms with Crippen molar-refractivity contribution in [1.29, 1.82) is 0 Å². The number of hydrogen-bond donors (Lipinski definition) is 2. The molecule has 0 aromatic heterocycles. The van der Waals surface area contributed by atoms with Gasteiger partial charge in [0.15, 0.2) is 17.3 Å². The topological polar surface area (TPSA) is 88.1 Å². The SMILES string of the molecule is COc1cc(C2C(C(=O)N3CCCCC3)=C(C)NC3=C2C(=O)CC(C)(C)C3)cc(OC)c1O. The molecule has 1 atom stereocenters. The number of nitrogens with zero attached hydrogens (tertiary/aromatic N) is 1. The molecule has 0 spiro atoms. The molecule has 1 amide bonds. The Hall–Kier alpha value is -2.96. The summed E-state index contributed by atoms with van der Waals surface area (Å²) in [7, 11) is 2.95. The van der Waals surface area contributed by atoms with Gasteiger partial charge in [-0.25, -0.2) is 0 Å². The zero-order valence-electron chi connectivity index (χ0n) is 20.2. The number of piperidine rings is 1. The van der Waals surface area contributed by atoms with Crippen molar-refractivity contribution in [3.05, 3.63) is 40.2 Å². The maximum Gasteiger partial charge on any atom is 0.252 e. The number of ether oxygens (including phenoxy) is 2. The first kappa shape index (κ1) is 23.2. The Morgan fingerprint density at radius 2 is 1.70 bits per heavy atom. The Morgan fingerprint density at radius 1 is 1.09 bits per heavy atom. The average molecular weight is 455 g/mol. The molecule has 0 saturated carbocycles. The first-order valence-electron chi connectivity index (χ1n) is 11.6. The van der Waals surface area contributed by atoms with Crippen molar-refractivity contribution in [3.63, 3.8) is 0 Å². The van der Waals surface area contributed by atoms with Gasteiger partial charge < -0.3 is 24.8 Å². The number of phenolic OH excluding ortho intramolecular Hbond substituents is 1. The first-order valence-corrected chi connectivity index (χ1v) is 11.6. The fourth-order valence-electron chi connectivity index (χ4n) is 5.40. The molecule has 1 unspecified atom stereocenters. The van der Waals surface area contributed by atoms with Crippen LogP contribution in [-0.2, 0) is 9.59 Å². The zero-order chi connectivity index (χ0) is 23.9. The lowest BCUT2D eigenvalue weighted by Crippen LogP contribution is -2.43. The Bertz CT molecular complexity index is 1020. The van der Waals surface area contributed by atoms with Gasteiger partial charge in [-0.15, -0.1) is 0 Å². The van der Waals surface area contributed by atoms with Crippen molar-refractivity contribution in [1.82, 2.24) is 10.2 Å². The lowest BCUT2D eigenvalue weighted by atomic mass is 9.68. The first-order chi connectivity index (χ1) is 15.7. The van der Waals surface area contributed by atoms with E-state index in [1.807, 2.05) is 11.8 Å². The van der Waals surface area contributed by atoms with Crippen LogP contribution < -0.4 is 14.8 Å². The fourth-order valence-corrected chi connectivity index (χ4v) is 5.40. The van der Waals surface area contributed by atoms with E-state index in [2.05, 4.69) is 19.2 Å². The van der Waals surface area contributed by atoms with E-state index in [-0.39, 0.29) is 34.4 Å². The minimum absolute atomic E-state index is 0.0418. The third-order valence-electron chi connectivity index (χ3n) is 6.95. The smallest absolute Gasteiger partial charge is 0.252 e. The van der Waals surface area contributed by atoms with E-state index in [1.54, 1.807) is 12.1 Å². The molecular weight excluding hydrogens is 420 g/mol. The van der Waals surface area contributed by atoms with Gasteiger partial charge in [0.25, 0.3) is 5.91 Å². The number of likely N-dealkylation sites (tertiary alicyclic amines) is 1. The Labute approximate surface area is 195 Å². The molecule has 1 aliphatic carbocycles. The van der Waals surface area contributed by atoms with E-state index in [4.69, 9.17) is 9.47 Å². The molecule has 0 bridgehead atoms. The number of carbonyl (C=O) groups excluding carboxylic acids is 2. The number of nitrogens with one attached hydrogen (secondary N) is 1. The predicted octanol–water partition coefficient (Wildman–Crippen LogP) is 4.03. The van der Waals surface area contributed by atoms with Crippen molar-refractivity contribution >= 4 is 11.7 Å². The molecule has 2 aliphatic heterocycles. The second kappa shape index (κ2) is 8.76. The van der Waals surface area contributed by atoms with E-state index in [0.717, 1.165) is 50.2 Å². The van der Waals surface area contributed by atoms with Gasteiger partial charge in [-0.3, -0.25) is 9.59 Å². The Balaban J connectivity index is 1.90. The van der Waals surface area contributed by atoms with E-state index in [1.165, 1.54) is 14.2 Å². The molecule has 7 heteroatoms. The summed E-state index contributed by atoms with van der Waals surface area (Å²) in [5, 5.41) is 13.9. The highest BCUT2D eigenvalue weighted by molar-refractivity contribution is 6.05. The van der Waals surface area contributed by atoms with Crippen LogP contribution in [0.2, 0.25) is 0 Å². The second-order valence-corrected chi connectivity index (χ2v) is 10.1. The Kier molecular flexibility index (Phi) is 6.16. The molecule has 7 nitrogen and oxygen atoms in total. The van der Waals surface area contributed by atoms with Gasteiger partial charge in [-0.2, -0.15) is 0 Å². The number of hydrogen-bond acceptors (Lipinski definition) is 6. The molecule has 1 aromatic carbocycles. The third kappa shape index (κ3) is 4.21. The molecule has 4 rings (SSSR count). The van der Waals surface area contributed by atoms with Crippen LogP contribution in [0.4, 0.5) is 0 Å². The summed E-state index contributed by atoms with van der Waals surface area (Å²) in [5.41, 5.74) is 3.40. The number of methoxy groups -OCH3 is 2. The highest BCUT2D eigenvalue weighted by atomic mass is 16.5. The third-order valence-corrected chi connectivity index (χ3v) is 6.95. The minimum atomic E-state index is -0.553. The summed E-state index contributed by atoms with van der Waals surface area (Å²) in [5.74, 6) is -0.163. The summed E-state index contributed by atoms with van der Waals surface area (Å²) in [6.07, 6.45) is 4.23. The van der Waals surface area contributed by atoms with Gasteiger partial charge in [0.2, 0.25) is 5.75 Å². The number of ketones is 1. The highest BCUT2D eigenvalue weighted by Gasteiger charge is 2.44. The summed E-state index contributed by atoms with van der Waals surface area (Å²) in [6, 6.07) is 3.42. The highest BCUT2D eigenvalue weighted by Crippen LogP contribution is 2.49. The number of phenols is 1.